The molecule has 0 N–H and O–H groups in total. The van der Waals surface area contributed by atoms with Gasteiger partial charge >= 0.3 is 0 Å². The first kappa shape index (κ1) is 18.9. The average Bonchev–Trinajstić information content (AvgIpc) is 3.19. The van der Waals surface area contributed by atoms with Crippen molar-refractivity contribution in [1.29, 1.82) is 0 Å². The Bertz CT molecular complexity index is 1250. The molecule has 3 heterocycles. The third-order valence-corrected chi connectivity index (χ3v) is 6.91. The van der Waals surface area contributed by atoms with E-state index in [1.165, 1.54) is 11.8 Å². The van der Waals surface area contributed by atoms with Crippen LogP contribution in [0, 0.1) is 34.6 Å². The zero-order valence-electron chi connectivity index (χ0n) is 16.4. The van der Waals surface area contributed by atoms with E-state index in [9.17, 15) is 4.79 Å². The number of aryl methyl sites for hydroxylation is 4. The van der Waals surface area contributed by atoms with Gasteiger partial charge in [0.2, 0.25) is 11.8 Å². The second-order valence-corrected chi connectivity index (χ2v) is 8.87. The van der Waals surface area contributed by atoms with E-state index in [1.807, 2.05) is 45.9 Å². The highest BCUT2D eigenvalue weighted by molar-refractivity contribution is 7.98. The van der Waals surface area contributed by atoms with E-state index in [4.69, 9.17) is 9.40 Å². The van der Waals surface area contributed by atoms with Crippen LogP contribution in [0.15, 0.2) is 32.6 Å². The fourth-order valence-corrected chi connectivity index (χ4v) is 5.00. The fraction of sp³-hybridized carbons (Fsp3) is 0.300. The Labute approximate surface area is 170 Å². The topological polar surface area (TPSA) is 73.8 Å². The molecular formula is C20H20N4O2S2. The van der Waals surface area contributed by atoms with Gasteiger partial charge in [0.15, 0.2) is 5.16 Å². The summed E-state index contributed by atoms with van der Waals surface area (Å²) in [6.45, 7) is 9.84. The Kier molecular flexibility index (Phi) is 4.84. The lowest BCUT2D eigenvalue weighted by atomic mass is 10.1. The summed E-state index contributed by atoms with van der Waals surface area (Å²) in [5.41, 5.74) is 4.01. The van der Waals surface area contributed by atoms with E-state index in [0.717, 1.165) is 32.1 Å². The highest BCUT2D eigenvalue weighted by atomic mass is 32.2. The minimum atomic E-state index is -0.0373. The van der Waals surface area contributed by atoms with Gasteiger partial charge in [-0.25, -0.2) is 4.98 Å². The standard InChI is InChI=1S/C20H20N4O2S2/c1-10-7-6-8-15(11(10)2)24-19(25)17-12(3)13(4)28-18(17)21-20(24)27-9-16-23-22-14(5)26-16/h6-8H,9H2,1-5H3. The van der Waals surface area contributed by atoms with Crippen molar-refractivity contribution in [3.63, 3.8) is 0 Å². The summed E-state index contributed by atoms with van der Waals surface area (Å²) in [5, 5.41) is 9.24. The maximum absolute atomic E-state index is 13.5. The summed E-state index contributed by atoms with van der Waals surface area (Å²) in [5.74, 6) is 1.49. The quantitative estimate of drug-likeness (QED) is 0.358. The molecule has 28 heavy (non-hydrogen) atoms. The van der Waals surface area contributed by atoms with Crippen LogP contribution in [0.3, 0.4) is 0 Å². The van der Waals surface area contributed by atoms with Gasteiger partial charge in [0.25, 0.3) is 5.56 Å². The van der Waals surface area contributed by atoms with Crippen LogP contribution in [0.25, 0.3) is 15.9 Å². The van der Waals surface area contributed by atoms with E-state index >= 15 is 0 Å². The molecule has 0 unspecified atom stereocenters. The third-order valence-electron chi connectivity index (χ3n) is 4.88. The third kappa shape index (κ3) is 3.16. The Morgan fingerprint density at radius 2 is 1.89 bits per heavy atom. The smallest absolute Gasteiger partial charge is 0.267 e. The van der Waals surface area contributed by atoms with Crippen LogP contribution in [0.5, 0.6) is 0 Å². The van der Waals surface area contributed by atoms with Crippen molar-refractivity contribution >= 4 is 33.3 Å². The first-order chi connectivity index (χ1) is 13.4. The van der Waals surface area contributed by atoms with Crippen LogP contribution in [0.2, 0.25) is 0 Å². The molecule has 0 atom stereocenters. The summed E-state index contributed by atoms with van der Waals surface area (Å²) >= 11 is 2.98. The Balaban J connectivity index is 1.93. The molecule has 0 aliphatic rings. The van der Waals surface area contributed by atoms with Crippen molar-refractivity contribution in [3.8, 4) is 5.69 Å². The molecule has 0 radical (unpaired) electrons. The molecule has 0 amide bonds. The SMILES string of the molecule is Cc1nnc(CSc2nc3sc(C)c(C)c3c(=O)n2-c2cccc(C)c2C)o1. The van der Waals surface area contributed by atoms with Crippen molar-refractivity contribution in [2.75, 3.05) is 0 Å². The summed E-state index contributed by atoms with van der Waals surface area (Å²) in [6, 6.07) is 5.98. The highest BCUT2D eigenvalue weighted by Crippen LogP contribution is 2.31. The molecule has 8 heteroatoms. The minimum Gasteiger partial charge on any atom is -0.425 e. The second-order valence-electron chi connectivity index (χ2n) is 6.72. The average molecular weight is 413 g/mol. The molecule has 0 aliphatic carbocycles. The lowest BCUT2D eigenvalue weighted by Gasteiger charge is -2.15. The summed E-state index contributed by atoms with van der Waals surface area (Å²) in [4.78, 5) is 20.3. The summed E-state index contributed by atoms with van der Waals surface area (Å²) in [7, 11) is 0. The molecule has 0 saturated carbocycles. The minimum absolute atomic E-state index is 0.0373. The van der Waals surface area contributed by atoms with Crippen molar-refractivity contribution in [3.05, 3.63) is 61.9 Å². The zero-order valence-corrected chi connectivity index (χ0v) is 18.0. The molecule has 4 rings (SSSR count). The van der Waals surface area contributed by atoms with Gasteiger partial charge in [-0.1, -0.05) is 23.9 Å². The highest BCUT2D eigenvalue weighted by Gasteiger charge is 2.20. The van der Waals surface area contributed by atoms with Gasteiger partial charge in [0.05, 0.1) is 16.8 Å². The molecule has 0 spiro atoms. The van der Waals surface area contributed by atoms with E-state index in [0.29, 0.717) is 28.1 Å². The van der Waals surface area contributed by atoms with Crippen LogP contribution in [-0.2, 0) is 5.75 Å². The Hall–Kier alpha value is -2.45. The lowest BCUT2D eigenvalue weighted by Crippen LogP contribution is -2.22. The van der Waals surface area contributed by atoms with Crippen molar-refractivity contribution in [2.45, 2.75) is 45.5 Å². The van der Waals surface area contributed by atoms with Crippen molar-refractivity contribution < 1.29 is 4.42 Å². The maximum Gasteiger partial charge on any atom is 0.267 e. The molecule has 0 bridgehead atoms. The predicted molar refractivity (Wildman–Crippen MR) is 113 cm³/mol. The molecule has 0 fully saturated rings. The van der Waals surface area contributed by atoms with E-state index in [1.54, 1.807) is 22.8 Å². The van der Waals surface area contributed by atoms with Crippen LogP contribution in [0.4, 0.5) is 0 Å². The zero-order chi connectivity index (χ0) is 20.0. The van der Waals surface area contributed by atoms with Gasteiger partial charge in [0, 0.05) is 11.8 Å². The van der Waals surface area contributed by atoms with Gasteiger partial charge < -0.3 is 4.42 Å². The van der Waals surface area contributed by atoms with Gasteiger partial charge in [-0.2, -0.15) is 0 Å². The van der Waals surface area contributed by atoms with E-state index in [-0.39, 0.29) is 5.56 Å². The van der Waals surface area contributed by atoms with Crippen LogP contribution < -0.4 is 5.56 Å². The summed E-state index contributed by atoms with van der Waals surface area (Å²) < 4.78 is 7.20. The molecule has 0 saturated heterocycles. The molecule has 6 nitrogen and oxygen atoms in total. The largest absolute Gasteiger partial charge is 0.425 e. The normalized spacial score (nSPS) is 11.5. The number of aromatic nitrogens is 4. The van der Waals surface area contributed by atoms with Gasteiger partial charge in [-0.05, 0) is 50.5 Å². The van der Waals surface area contributed by atoms with Crippen LogP contribution in [-0.4, -0.2) is 19.7 Å². The maximum atomic E-state index is 13.5. The van der Waals surface area contributed by atoms with Crippen LogP contribution in [0.1, 0.15) is 33.3 Å². The van der Waals surface area contributed by atoms with Gasteiger partial charge in [-0.15, -0.1) is 21.5 Å². The monoisotopic (exact) mass is 412 g/mol. The first-order valence-corrected chi connectivity index (χ1v) is 10.7. The van der Waals surface area contributed by atoms with E-state index < -0.39 is 0 Å². The Morgan fingerprint density at radius 3 is 2.61 bits per heavy atom. The number of benzene rings is 1. The Morgan fingerprint density at radius 1 is 1.11 bits per heavy atom. The van der Waals surface area contributed by atoms with Crippen molar-refractivity contribution in [1.82, 2.24) is 19.7 Å². The molecular weight excluding hydrogens is 392 g/mol. The number of rotatable bonds is 4. The number of fused-ring (bicyclic) bond motifs is 1. The van der Waals surface area contributed by atoms with Crippen LogP contribution >= 0.6 is 23.1 Å². The first-order valence-electron chi connectivity index (χ1n) is 8.88. The van der Waals surface area contributed by atoms with Crippen molar-refractivity contribution in [2.24, 2.45) is 0 Å². The fourth-order valence-electron chi connectivity index (χ4n) is 3.08. The predicted octanol–water partition coefficient (Wildman–Crippen LogP) is 4.66. The second kappa shape index (κ2) is 7.18. The molecule has 4 aromatic rings. The number of hydrogen-bond acceptors (Lipinski definition) is 7. The summed E-state index contributed by atoms with van der Waals surface area (Å²) in [6.07, 6.45) is 0. The molecule has 144 valence electrons. The number of thioether (sulfide) groups is 1. The number of hydrogen-bond donors (Lipinski definition) is 0. The lowest BCUT2D eigenvalue weighted by molar-refractivity contribution is 0.485. The molecule has 3 aromatic heterocycles. The number of nitrogens with zero attached hydrogens (tertiary/aromatic N) is 4. The van der Waals surface area contributed by atoms with E-state index in [2.05, 4.69) is 10.2 Å². The number of thiophene rings is 1. The van der Waals surface area contributed by atoms with Gasteiger partial charge in [-0.3, -0.25) is 9.36 Å². The molecule has 0 aliphatic heterocycles. The molecule has 1 aromatic carbocycles. The van der Waals surface area contributed by atoms with Gasteiger partial charge in [0.1, 0.15) is 4.83 Å².